The van der Waals surface area contributed by atoms with Crippen LogP contribution in [0.25, 0.3) is 11.0 Å². The van der Waals surface area contributed by atoms with E-state index in [1.165, 1.54) is 5.69 Å². The highest BCUT2D eigenvalue weighted by atomic mass is 16.3. The van der Waals surface area contributed by atoms with Crippen LogP contribution in [-0.4, -0.2) is 64.2 Å². The Hall–Kier alpha value is -2.87. The number of benzene rings is 1. The van der Waals surface area contributed by atoms with Crippen LogP contribution in [0.4, 0.5) is 17.5 Å². The zero-order valence-corrected chi connectivity index (χ0v) is 15.5. The third kappa shape index (κ3) is 3.66. The van der Waals surface area contributed by atoms with Crippen LogP contribution in [0.3, 0.4) is 0 Å². The summed E-state index contributed by atoms with van der Waals surface area (Å²) >= 11 is 0. The first-order valence-corrected chi connectivity index (χ1v) is 9.35. The Bertz CT molecular complexity index is 888. The summed E-state index contributed by atoms with van der Waals surface area (Å²) in [6.07, 6.45) is 2.46. The molecular formula is C19H25N7O. The van der Waals surface area contributed by atoms with E-state index in [2.05, 4.69) is 44.5 Å². The Kier molecular flexibility index (Phi) is 5.06. The van der Waals surface area contributed by atoms with Crippen LogP contribution in [0.2, 0.25) is 0 Å². The average molecular weight is 367 g/mol. The summed E-state index contributed by atoms with van der Waals surface area (Å²) in [6.45, 7) is 4.43. The standard InChI is InChI=1S/C19H25N7O/c1-24-18-16(14-21-24)17(20-8-5-13-27)22-19(23-18)26-11-9-25(10-12-26)15-6-3-2-4-7-15/h2-4,6-7,14,27H,5,8-13H2,1H3,(H,20,22,23). The predicted octanol–water partition coefficient (Wildman–Crippen LogP) is 1.48. The lowest BCUT2D eigenvalue weighted by molar-refractivity contribution is 0.292. The number of nitrogens with one attached hydrogen (secondary N) is 1. The number of aliphatic hydroxyl groups is 1. The molecule has 4 rings (SSSR count). The number of hydrogen-bond acceptors (Lipinski definition) is 7. The number of aliphatic hydroxyl groups excluding tert-OH is 1. The van der Waals surface area contributed by atoms with Gasteiger partial charge in [0.05, 0.1) is 11.6 Å². The van der Waals surface area contributed by atoms with Gasteiger partial charge in [-0.1, -0.05) is 18.2 Å². The van der Waals surface area contributed by atoms with Gasteiger partial charge in [0.2, 0.25) is 5.95 Å². The zero-order valence-electron chi connectivity index (χ0n) is 15.5. The van der Waals surface area contributed by atoms with E-state index in [9.17, 15) is 0 Å². The molecule has 0 aliphatic carbocycles. The highest BCUT2D eigenvalue weighted by Gasteiger charge is 2.21. The van der Waals surface area contributed by atoms with Crippen LogP contribution in [0.5, 0.6) is 0 Å². The molecule has 0 radical (unpaired) electrons. The van der Waals surface area contributed by atoms with Crippen molar-refractivity contribution in [2.24, 2.45) is 7.05 Å². The van der Waals surface area contributed by atoms with Gasteiger partial charge in [0, 0.05) is 52.1 Å². The molecule has 1 fully saturated rings. The van der Waals surface area contributed by atoms with Crippen LogP contribution in [0.15, 0.2) is 36.5 Å². The molecule has 8 heteroatoms. The monoisotopic (exact) mass is 367 g/mol. The molecule has 1 saturated heterocycles. The summed E-state index contributed by atoms with van der Waals surface area (Å²) < 4.78 is 1.78. The van der Waals surface area contributed by atoms with E-state index in [0.717, 1.165) is 49.0 Å². The first-order valence-electron chi connectivity index (χ1n) is 9.35. The molecule has 1 aliphatic heterocycles. The number of aromatic nitrogens is 4. The van der Waals surface area contributed by atoms with Gasteiger partial charge in [0.25, 0.3) is 0 Å². The molecular weight excluding hydrogens is 342 g/mol. The normalized spacial score (nSPS) is 14.7. The molecule has 0 atom stereocenters. The molecule has 0 bridgehead atoms. The van der Waals surface area contributed by atoms with Gasteiger partial charge in [-0.15, -0.1) is 0 Å². The lowest BCUT2D eigenvalue weighted by Crippen LogP contribution is -2.47. The predicted molar refractivity (Wildman–Crippen MR) is 107 cm³/mol. The molecule has 2 N–H and O–H groups in total. The van der Waals surface area contributed by atoms with Crippen molar-refractivity contribution in [2.75, 3.05) is 54.4 Å². The molecule has 3 heterocycles. The van der Waals surface area contributed by atoms with Crippen LogP contribution in [0, 0.1) is 0 Å². The van der Waals surface area contributed by atoms with Gasteiger partial charge in [-0.3, -0.25) is 4.68 Å². The molecule has 3 aromatic rings. The van der Waals surface area contributed by atoms with Crippen molar-refractivity contribution in [3.05, 3.63) is 36.5 Å². The molecule has 142 valence electrons. The topological polar surface area (TPSA) is 82.3 Å². The number of hydrogen-bond donors (Lipinski definition) is 2. The van der Waals surface area contributed by atoms with Crippen molar-refractivity contribution in [3.8, 4) is 0 Å². The summed E-state index contributed by atoms with van der Waals surface area (Å²) in [5, 5.41) is 17.6. The Morgan fingerprint density at radius 1 is 1.04 bits per heavy atom. The number of anilines is 3. The molecule has 0 amide bonds. The Morgan fingerprint density at radius 2 is 1.78 bits per heavy atom. The first-order chi connectivity index (χ1) is 13.3. The van der Waals surface area contributed by atoms with Crippen LogP contribution >= 0.6 is 0 Å². The molecule has 8 nitrogen and oxygen atoms in total. The van der Waals surface area contributed by atoms with Gasteiger partial charge in [0.1, 0.15) is 5.82 Å². The minimum atomic E-state index is 0.155. The fourth-order valence-corrected chi connectivity index (χ4v) is 3.38. The van der Waals surface area contributed by atoms with E-state index in [0.29, 0.717) is 13.0 Å². The van der Waals surface area contributed by atoms with E-state index in [1.54, 1.807) is 10.9 Å². The molecule has 0 unspecified atom stereocenters. The minimum Gasteiger partial charge on any atom is -0.396 e. The van der Waals surface area contributed by atoms with E-state index in [-0.39, 0.29) is 6.61 Å². The van der Waals surface area contributed by atoms with Crippen LogP contribution < -0.4 is 15.1 Å². The fourth-order valence-electron chi connectivity index (χ4n) is 3.38. The summed E-state index contributed by atoms with van der Waals surface area (Å²) in [6, 6.07) is 10.5. The van der Waals surface area contributed by atoms with E-state index in [1.807, 2.05) is 13.1 Å². The molecule has 1 aliphatic rings. The second-order valence-corrected chi connectivity index (χ2v) is 6.69. The third-order valence-corrected chi connectivity index (χ3v) is 4.89. The van der Waals surface area contributed by atoms with Gasteiger partial charge >= 0.3 is 0 Å². The highest BCUT2D eigenvalue weighted by Crippen LogP contribution is 2.24. The quantitative estimate of drug-likeness (QED) is 0.639. The molecule has 0 saturated carbocycles. The van der Waals surface area contributed by atoms with Crippen molar-refractivity contribution in [2.45, 2.75) is 6.42 Å². The lowest BCUT2D eigenvalue weighted by atomic mass is 10.2. The van der Waals surface area contributed by atoms with E-state index >= 15 is 0 Å². The molecule has 1 aromatic carbocycles. The fraction of sp³-hybridized carbons (Fsp3) is 0.421. The van der Waals surface area contributed by atoms with Gasteiger partial charge in [-0.2, -0.15) is 15.1 Å². The van der Waals surface area contributed by atoms with Crippen molar-refractivity contribution < 1.29 is 5.11 Å². The maximum atomic E-state index is 9.04. The number of aryl methyl sites for hydroxylation is 1. The van der Waals surface area contributed by atoms with Crippen molar-refractivity contribution in [1.82, 2.24) is 19.7 Å². The number of para-hydroxylation sites is 1. The van der Waals surface area contributed by atoms with Crippen molar-refractivity contribution >= 4 is 28.5 Å². The third-order valence-electron chi connectivity index (χ3n) is 4.89. The highest BCUT2D eigenvalue weighted by molar-refractivity contribution is 5.87. The zero-order chi connectivity index (χ0) is 18.6. The second kappa shape index (κ2) is 7.79. The SMILES string of the molecule is Cn1ncc2c(NCCCO)nc(N3CCN(c4ccccc4)CC3)nc21. The maximum absolute atomic E-state index is 9.04. The molecule has 0 spiro atoms. The molecule has 27 heavy (non-hydrogen) atoms. The summed E-state index contributed by atoms with van der Waals surface area (Å²) in [5.41, 5.74) is 2.07. The van der Waals surface area contributed by atoms with Crippen LogP contribution in [-0.2, 0) is 7.05 Å². The Labute approximate surface area is 158 Å². The van der Waals surface area contributed by atoms with Gasteiger partial charge < -0.3 is 20.2 Å². The number of piperazine rings is 1. The first kappa shape index (κ1) is 17.5. The molecule has 2 aromatic heterocycles. The number of rotatable bonds is 6. The van der Waals surface area contributed by atoms with E-state index < -0.39 is 0 Å². The number of fused-ring (bicyclic) bond motifs is 1. The van der Waals surface area contributed by atoms with Crippen molar-refractivity contribution in [1.29, 1.82) is 0 Å². The smallest absolute Gasteiger partial charge is 0.229 e. The Morgan fingerprint density at radius 3 is 2.52 bits per heavy atom. The lowest BCUT2D eigenvalue weighted by Gasteiger charge is -2.36. The second-order valence-electron chi connectivity index (χ2n) is 6.69. The summed E-state index contributed by atoms with van der Waals surface area (Å²) in [4.78, 5) is 14.1. The maximum Gasteiger partial charge on any atom is 0.229 e. The number of nitrogens with zero attached hydrogens (tertiary/aromatic N) is 6. The van der Waals surface area contributed by atoms with Gasteiger partial charge in [-0.25, -0.2) is 0 Å². The average Bonchev–Trinajstić information content (AvgIpc) is 3.10. The largest absolute Gasteiger partial charge is 0.396 e. The van der Waals surface area contributed by atoms with Crippen LogP contribution in [0.1, 0.15) is 6.42 Å². The van der Waals surface area contributed by atoms with Gasteiger partial charge in [0.15, 0.2) is 5.65 Å². The Balaban J connectivity index is 1.54. The van der Waals surface area contributed by atoms with Crippen molar-refractivity contribution in [3.63, 3.8) is 0 Å². The van der Waals surface area contributed by atoms with E-state index in [4.69, 9.17) is 15.1 Å². The summed E-state index contributed by atoms with van der Waals surface area (Å²) in [7, 11) is 1.89. The van der Waals surface area contributed by atoms with Gasteiger partial charge in [-0.05, 0) is 18.6 Å². The minimum absolute atomic E-state index is 0.155. The summed E-state index contributed by atoms with van der Waals surface area (Å²) in [5.74, 6) is 1.51.